The minimum atomic E-state index is -0.358. The molecule has 0 unspecified atom stereocenters. The predicted molar refractivity (Wildman–Crippen MR) is 124 cm³/mol. The standard InChI is InChI=1S/C22H19N3O2S3/c1-25-21(27)18(30-22(25)28)15(11-13-7-3-2-4-8-13)19(26)24-20-16(12-23)14-9-5-6-10-17(14)29-20/h2-4,7-8H,5-6,9-11H2,1H3,(H,24,26)/b18-15+. The Kier molecular flexibility index (Phi) is 6.04. The Morgan fingerprint density at radius 2 is 2.00 bits per heavy atom. The third-order valence-corrected chi connectivity index (χ3v) is 8.05. The highest BCUT2D eigenvalue weighted by Gasteiger charge is 2.34. The quantitative estimate of drug-likeness (QED) is 0.548. The summed E-state index contributed by atoms with van der Waals surface area (Å²) in [5.74, 6) is -0.625. The molecule has 1 aromatic carbocycles. The van der Waals surface area contributed by atoms with Crippen molar-refractivity contribution in [3.05, 3.63) is 62.4 Å². The van der Waals surface area contributed by atoms with Gasteiger partial charge in [0.05, 0.1) is 10.5 Å². The number of thioether (sulfide) groups is 1. The van der Waals surface area contributed by atoms with Crippen molar-refractivity contribution in [2.24, 2.45) is 0 Å². The number of thiocarbonyl (C=S) groups is 1. The van der Waals surface area contributed by atoms with Crippen LogP contribution in [0.4, 0.5) is 5.00 Å². The lowest BCUT2D eigenvalue weighted by Gasteiger charge is -2.11. The summed E-state index contributed by atoms with van der Waals surface area (Å²) >= 11 is 7.88. The number of amides is 2. The molecule has 2 amide bonds. The van der Waals surface area contributed by atoms with E-state index in [0.717, 1.165) is 48.6 Å². The summed E-state index contributed by atoms with van der Waals surface area (Å²) in [5.41, 5.74) is 2.92. The molecule has 1 aliphatic carbocycles. The fourth-order valence-electron chi connectivity index (χ4n) is 3.64. The third-order valence-electron chi connectivity index (χ3n) is 5.24. The zero-order valence-electron chi connectivity index (χ0n) is 16.4. The van der Waals surface area contributed by atoms with Gasteiger partial charge in [-0.1, -0.05) is 54.3 Å². The van der Waals surface area contributed by atoms with E-state index in [1.165, 1.54) is 21.1 Å². The van der Waals surface area contributed by atoms with Gasteiger partial charge < -0.3 is 5.32 Å². The fraction of sp³-hybridized carbons (Fsp3) is 0.273. The van der Waals surface area contributed by atoms with E-state index in [2.05, 4.69) is 11.4 Å². The average Bonchev–Trinajstić information content (AvgIpc) is 3.24. The second-order valence-corrected chi connectivity index (χ2v) is 9.93. The van der Waals surface area contributed by atoms with Crippen LogP contribution < -0.4 is 5.32 Å². The van der Waals surface area contributed by atoms with Crippen LogP contribution in [0.15, 0.2) is 40.8 Å². The SMILES string of the molecule is CN1C(=O)/C(=C(/Cc2ccccc2)C(=O)Nc2sc3c(c2C#N)CCCC3)SC1=S. The zero-order chi connectivity index (χ0) is 21.3. The van der Waals surface area contributed by atoms with Gasteiger partial charge in [-0.3, -0.25) is 14.5 Å². The van der Waals surface area contributed by atoms with E-state index < -0.39 is 0 Å². The molecular formula is C22H19N3O2S3. The van der Waals surface area contributed by atoms with E-state index >= 15 is 0 Å². The molecular weight excluding hydrogens is 434 g/mol. The van der Waals surface area contributed by atoms with Crippen LogP contribution in [-0.4, -0.2) is 28.1 Å². The monoisotopic (exact) mass is 453 g/mol. The minimum Gasteiger partial charge on any atom is -0.313 e. The van der Waals surface area contributed by atoms with Gasteiger partial charge >= 0.3 is 0 Å². The Labute approximate surface area is 188 Å². The Morgan fingerprint density at radius 1 is 1.27 bits per heavy atom. The number of thiophene rings is 1. The summed E-state index contributed by atoms with van der Waals surface area (Å²) in [6.45, 7) is 0. The molecule has 2 aromatic rings. The van der Waals surface area contributed by atoms with E-state index in [0.29, 0.717) is 31.8 Å². The summed E-state index contributed by atoms with van der Waals surface area (Å²) in [7, 11) is 1.61. The van der Waals surface area contributed by atoms with E-state index in [9.17, 15) is 14.9 Å². The number of rotatable bonds is 4. The number of fused-ring (bicyclic) bond motifs is 1. The summed E-state index contributed by atoms with van der Waals surface area (Å²) in [4.78, 5) is 29.0. The molecule has 0 saturated carbocycles. The summed E-state index contributed by atoms with van der Waals surface area (Å²) < 4.78 is 0.428. The molecule has 30 heavy (non-hydrogen) atoms. The Balaban J connectivity index is 1.71. The lowest BCUT2D eigenvalue weighted by atomic mass is 9.96. The second kappa shape index (κ2) is 8.72. The highest BCUT2D eigenvalue weighted by atomic mass is 32.2. The number of benzene rings is 1. The zero-order valence-corrected chi connectivity index (χ0v) is 18.8. The molecule has 0 bridgehead atoms. The Bertz CT molecular complexity index is 1110. The number of nitrogens with one attached hydrogen (secondary N) is 1. The van der Waals surface area contributed by atoms with Gasteiger partial charge in [0.25, 0.3) is 11.8 Å². The van der Waals surface area contributed by atoms with Crippen molar-refractivity contribution in [2.45, 2.75) is 32.1 Å². The molecule has 0 atom stereocenters. The van der Waals surface area contributed by atoms with Gasteiger partial charge in [0.1, 0.15) is 15.4 Å². The lowest BCUT2D eigenvalue weighted by molar-refractivity contribution is -0.122. The maximum Gasteiger partial charge on any atom is 0.266 e. The van der Waals surface area contributed by atoms with Crippen molar-refractivity contribution in [1.29, 1.82) is 5.26 Å². The molecule has 1 fully saturated rings. The molecule has 2 aliphatic rings. The van der Waals surface area contributed by atoms with Crippen LogP contribution in [0.1, 0.15) is 34.4 Å². The molecule has 8 heteroatoms. The second-order valence-electron chi connectivity index (χ2n) is 7.18. The summed E-state index contributed by atoms with van der Waals surface area (Å²) in [6.07, 6.45) is 4.28. The first-order chi connectivity index (χ1) is 14.5. The van der Waals surface area contributed by atoms with Gasteiger partial charge in [-0.25, -0.2) is 0 Å². The first-order valence-corrected chi connectivity index (χ1v) is 11.7. The number of hydrogen-bond acceptors (Lipinski definition) is 6. The van der Waals surface area contributed by atoms with Crippen molar-refractivity contribution < 1.29 is 9.59 Å². The van der Waals surface area contributed by atoms with Crippen LogP contribution in [0.3, 0.4) is 0 Å². The van der Waals surface area contributed by atoms with E-state index in [4.69, 9.17) is 12.2 Å². The number of nitrogens with zero attached hydrogens (tertiary/aromatic N) is 2. The molecule has 1 saturated heterocycles. The maximum atomic E-state index is 13.3. The number of hydrogen-bond donors (Lipinski definition) is 1. The summed E-state index contributed by atoms with van der Waals surface area (Å²) in [5, 5.41) is 13.2. The highest BCUT2D eigenvalue weighted by Crippen LogP contribution is 2.39. The van der Waals surface area contributed by atoms with Crippen LogP contribution >= 0.6 is 35.3 Å². The number of likely N-dealkylation sites (N-methyl/N-ethyl adjacent to an activating group) is 1. The molecule has 1 N–H and O–H groups in total. The Morgan fingerprint density at radius 3 is 2.67 bits per heavy atom. The van der Waals surface area contributed by atoms with Crippen molar-refractivity contribution in [1.82, 2.24) is 4.90 Å². The predicted octanol–water partition coefficient (Wildman–Crippen LogP) is 4.42. The molecule has 4 rings (SSSR count). The highest BCUT2D eigenvalue weighted by molar-refractivity contribution is 8.26. The van der Waals surface area contributed by atoms with Crippen molar-refractivity contribution in [2.75, 3.05) is 12.4 Å². The van der Waals surface area contributed by atoms with Gasteiger partial charge in [-0.2, -0.15) is 5.26 Å². The number of nitriles is 1. The number of carbonyl (C=O) groups excluding carboxylic acids is 2. The molecule has 1 aliphatic heterocycles. The Hall–Kier alpha value is -2.47. The van der Waals surface area contributed by atoms with Crippen LogP contribution in [-0.2, 0) is 28.9 Å². The summed E-state index contributed by atoms with van der Waals surface area (Å²) in [6, 6.07) is 11.8. The van der Waals surface area contributed by atoms with E-state index in [1.807, 2.05) is 30.3 Å². The molecule has 0 radical (unpaired) electrons. The van der Waals surface area contributed by atoms with Crippen LogP contribution in [0.25, 0.3) is 0 Å². The normalized spacial score (nSPS) is 17.5. The molecule has 0 spiro atoms. The number of carbonyl (C=O) groups is 2. The van der Waals surface area contributed by atoms with Gasteiger partial charge in [0, 0.05) is 23.9 Å². The average molecular weight is 454 g/mol. The van der Waals surface area contributed by atoms with Crippen LogP contribution in [0.2, 0.25) is 0 Å². The van der Waals surface area contributed by atoms with Crippen molar-refractivity contribution in [3.63, 3.8) is 0 Å². The largest absolute Gasteiger partial charge is 0.313 e. The van der Waals surface area contributed by atoms with E-state index in [1.54, 1.807) is 7.05 Å². The molecule has 2 heterocycles. The van der Waals surface area contributed by atoms with Gasteiger partial charge in [0.2, 0.25) is 0 Å². The first-order valence-electron chi connectivity index (χ1n) is 9.62. The van der Waals surface area contributed by atoms with Gasteiger partial charge in [-0.05, 0) is 36.8 Å². The van der Waals surface area contributed by atoms with Crippen LogP contribution in [0, 0.1) is 11.3 Å². The number of aryl methyl sites for hydroxylation is 1. The molecule has 5 nitrogen and oxygen atoms in total. The lowest BCUT2D eigenvalue weighted by Crippen LogP contribution is -2.25. The van der Waals surface area contributed by atoms with Gasteiger partial charge in [-0.15, -0.1) is 11.3 Å². The molecule has 1 aromatic heterocycles. The van der Waals surface area contributed by atoms with Gasteiger partial charge in [0.15, 0.2) is 0 Å². The van der Waals surface area contributed by atoms with Crippen molar-refractivity contribution in [3.8, 4) is 6.07 Å². The fourth-order valence-corrected chi connectivity index (χ4v) is 6.11. The molecule has 152 valence electrons. The maximum absolute atomic E-state index is 13.3. The first kappa shape index (κ1) is 20.8. The minimum absolute atomic E-state index is 0.267. The van der Waals surface area contributed by atoms with Crippen molar-refractivity contribution >= 4 is 56.5 Å². The smallest absolute Gasteiger partial charge is 0.266 e. The van der Waals surface area contributed by atoms with Crippen LogP contribution in [0.5, 0.6) is 0 Å². The number of anilines is 1. The van der Waals surface area contributed by atoms with E-state index in [-0.39, 0.29) is 11.8 Å². The topological polar surface area (TPSA) is 73.2 Å². The third kappa shape index (κ3) is 3.93.